The van der Waals surface area contributed by atoms with Crippen LogP contribution in [0.4, 0.5) is 0 Å². The number of hydrogen-bond acceptors (Lipinski definition) is 1. The number of fused-ring (bicyclic) bond motifs is 3. The van der Waals surface area contributed by atoms with Gasteiger partial charge in [0.25, 0.3) is 0 Å². The van der Waals surface area contributed by atoms with E-state index in [9.17, 15) is 4.79 Å². The van der Waals surface area contributed by atoms with E-state index in [-0.39, 0.29) is 22.7 Å². The lowest BCUT2D eigenvalue weighted by atomic mass is 9.33. The highest BCUT2D eigenvalue weighted by Gasteiger charge is 2.82. The molecule has 112 valence electrons. The Kier molecular flexibility index (Phi) is 1.96. The van der Waals surface area contributed by atoms with Gasteiger partial charge in [0, 0.05) is 22.7 Å². The molecule has 4 aliphatic rings. The topological polar surface area (TPSA) is 17.1 Å². The van der Waals surface area contributed by atoms with Crippen LogP contribution in [0.15, 0.2) is 60.7 Å². The summed E-state index contributed by atoms with van der Waals surface area (Å²) in [4.78, 5) is 13.0. The second-order valence-corrected chi connectivity index (χ2v) is 7.81. The number of ketones is 1. The SMILES string of the molecule is O=C1C2CC3(c4ccccc4)C4C=Cc5ccccc5C4(C2)C13. The summed E-state index contributed by atoms with van der Waals surface area (Å²) in [5, 5.41) is 0. The zero-order valence-corrected chi connectivity index (χ0v) is 12.9. The highest BCUT2D eigenvalue weighted by molar-refractivity contribution is 5.97. The van der Waals surface area contributed by atoms with Crippen LogP contribution in [0.5, 0.6) is 0 Å². The Morgan fingerprint density at radius 2 is 1.61 bits per heavy atom. The van der Waals surface area contributed by atoms with Crippen molar-refractivity contribution < 1.29 is 4.79 Å². The van der Waals surface area contributed by atoms with Crippen molar-refractivity contribution in [2.45, 2.75) is 23.7 Å². The molecule has 5 unspecified atom stereocenters. The molecule has 2 aromatic rings. The molecular formula is C22H18O. The quantitative estimate of drug-likeness (QED) is 0.773. The molecule has 0 aliphatic heterocycles. The molecule has 0 amide bonds. The summed E-state index contributed by atoms with van der Waals surface area (Å²) in [6.07, 6.45) is 6.83. The number of hydrogen-bond donors (Lipinski definition) is 0. The maximum Gasteiger partial charge on any atom is 0.140 e. The van der Waals surface area contributed by atoms with Crippen molar-refractivity contribution in [3.8, 4) is 0 Å². The average Bonchev–Trinajstić information content (AvgIpc) is 2.99. The van der Waals surface area contributed by atoms with Gasteiger partial charge in [-0.25, -0.2) is 0 Å². The molecule has 5 atom stereocenters. The van der Waals surface area contributed by atoms with E-state index >= 15 is 0 Å². The zero-order chi connectivity index (χ0) is 15.2. The molecule has 3 fully saturated rings. The van der Waals surface area contributed by atoms with Crippen LogP contribution in [-0.4, -0.2) is 5.78 Å². The number of carbonyl (C=O) groups excluding carboxylic acids is 1. The molecule has 2 bridgehead atoms. The fraction of sp³-hybridized carbons (Fsp3) is 0.318. The molecular weight excluding hydrogens is 280 g/mol. The maximum atomic E-state index is 13.0. The molecule has 4 aliphatic carbocycles. The highest BCUT2D eigenvalue weighted by atomic mass is 16.1. The lowest BCUT2D eigenvalue weighted by Gasteiger charge is -2.68. The summed E-state index contributed by atoms with van der Waals surface area (Å²) in [6, 6.07) is 19.5. The lowest BCUT2D eigenvalue weighted by Crippen LogP contribution is -2.69. The summed E-state index contributed by atoms with van der Waals surface area (Å²) in [6.45, 7) is 0. The van der Waals surface area contributed by atoms with Crippen molar-refractivity contribution in [2.24, 2.45) is 17.8 Å². The van der Waals surface area contributed by atoms with Crippen LogP contribution < -0.4 is 0 Å². The molecule has 0 saturated heterocycles. The second-order valence-electron chi connectivity index (χ2n) is 7.81. The Morgan fingerprint density at radius 1 is 0.870 bits per heavy atom. The largest absolute Gasteiger partial charge is 0.299 e. The van der Waals surface area contributed by atoms with Gasteiger partial charge in [-0.2, -0.15) is 0 Å². The number of carbonyl (C=O) groups is 1. The molecule has 2 aromatic carbocycles. The van der Waals surface area contributed by atoms with Gasteiger partial charge in [-0.05, 0) is 35.4 Å². The van der Waals surface area contributed by atoms with Crippen LogP contribution in [0, 0.1) is 17.8 Å². The third-order valence-corrected chi connectivity index (χ3v) is 7.24. The van der Waals surface area contributed by atoms with Crippen LogP contribution in [0.3, 0.4) is 0 Å². The van der Waals surface area contributed by atoms with Crippen molar-refractivity contribution in [3.63, 3.8) is 0 Å². The normalized spacial score (nSPS) is 41.4. The van der Waals surface area contributed by atoms with E-state index in [1.165, 1.54) is 16.7 Å². The third-order valence-electron chi connectivity index (χ3n) is 7.24. The summed E-state index contributed by atoms with van der Waals surface area (Å²) >= 11 is 0. The van der Waals surface area contributed by atoms with Crippen molar-refractivity contribution in [1.29, 1.82) is 0 Å². The first kappa shape index (κ1) is 12.3. The van der Waals surface area contributed by atoms with E-state index in [0.29, 0.717) is 11.7 Å². The van der Waals surface area contributed by atoms with E-state index in [1.54, 1.807) is 0 Å². The predicted octanol–water partition coefficient (Wildman–Crippen LogP) is 4.13. The molecule has 1 spiro atoms. The molecule has 1 nitrogen and oxygen atoms in total. The summed E-state index contributed by atoms with van der Waals surface area (Å²) in [5.41, 5.74) is 4.28. The predicted molar refractivity (Wildman–Crippen MR) is 90.0 cm³/mol. The molecule has 0 aromatic heterocycles. The van der Waals surface area contributed by atoms with Gasteiger partial charge in [0.2, 0.25) is 0 Å². The first-order chi connectivity index (χ1) is 11.3. The van der Waals surface area contributed by atoms with Crippen molar-refractivity contribution in [3.05, 3.63) is 77.4 Å². The minimum absolute atomic E-state index is 0.0608. The van der Waals surface area contributed by atoms with Crippen molar-refractivity contribution in [2.75, 3.05) is 0 Å². The molecule has 0 heterocycles. The fourth-order valence-electron chi connectivity index (χ4n) is 6.76. The van der Waals surface area contributed by atoms with Crippen LogP contribution >= 0.6 is 0 Å². The van der Waals surface area contributed by atoms with E-state index in [1.807, 2.05) is 0 Å². The fourth-order valence-corrected chi connectivity index (χ4v) is 6.76. The zero-order valence-electron chi connectivity index (χ0n) is 12.9. The van der Waals surface area contributed by atoms with E-state index < -0.39 is 0 Å². The van der Waals surface area contributed by atoms with Crippen LogP contribution in [0.1, 0.15) is 29.5 Å². The van der Waals surface area contributed by atoms with E-state index in [2.05, 4.69) is 66.7 Å². The van der Waals surface area contributed by atoms with Crippen LogP contribution in [-0.2, 0) is 15.6 Å². The Morgan fingerprint density at radius 3 is 2.43 bits per heavy atom. The minimum atomic E-state index is 0.0608. The van der Waals surface area contributed by atoms with Crippen LogP contribution in [0.25, 0.3) is 6.08 Å². The smallest absolute Gasteiger partial charge is 0.140 e. The van der Waals surface area contributed by atoms with Gasteiger partial charge in [0.05, 0.1) is 0 Å². The standard InChI is InChI=1S/C22H18O/c23-19-15-12-21(16-7-2-1-3-8-16)18-11-10-14-6-4-5-9-17(14)22(18,13-15)20(19)21/h1-11,15,18,20H,12-13H2. The molecule has 3 saturated carbocycles. The van der Waals surface area contributed by atoms with Gasteiger partial charge in [-0.15, -0.1) is 0 Å². The van der Waals surface area contributed by atoms with Gasteiger partial charge in [-0.3, -0.25) is 4.79 Å². The highest BCUT2D eigenvalue weighted by Crippen LogP contribution is 2.80. The van der Waals surface area contributed by atoms with Crippen LogP contribution in [0.2, 0.25) is 0 Å². The Hall–Kier alpha value is -2.15. The number of allylic oxidation sites excluding steroid dienone is 1. The maximum absolute atomic E-state index is 13.0. The number of benzene rings is 2. The third kappa shape index (κ3) is 1.10. The van der Waals surface area contributed by atoms with Gasteiger partial charge in [-0.1, -0.05) is 66.7 Å². The molecule has 1 heteroatoms. The Balaban J connectivity index is 1.63. The first-order valence-electron chi connectivity index (χ1n) is 8.65. The van der Waals surface area contributed by atoms with E-state index in [0.717, 1.165) is 12.8 Å². The minimum Gasteiger partial charge on any atom is -0.299 e. The lowest BCUT2D eigenvalue weighted by molar-refractivity contribution is -0.129. The average molecular weight is 298 g/mol. The summed E-state index contributed by atoms with van der Waals surface area (Å²) in [7, 11) is 0. The monoisotopic (exact) mass is 298 g/mol. The number of rotatable bonds is 1. The summed E-state index contributed by atoms with van der Waals surface area (Å²) in [5.74, 6) is 1.49. The van der Waals surface area contributed by atoms with Gasteiger partial charge >= 0.3 is 0 Å². The molecule has 0 N–H and O–H groups in total. The van der Waals surface area contributed by atoms with Gasteiger partial charge in [0.1, 0.15) is 5.78 Å². The van der Waals surface area contributed by atoms with Crippen molar-refractivity contribution >= 4 is 11.9 Å². The molecule has 23 heavy (non-hydrogen) atoms. The Labute approximate surface area is 136 Å². The van der Waals surface area contributed by atoms with Crippen molar-refractivity contribution in [1.82, 2.24) is 0 Å². The molecule has 6 rings (SSSR count). The number of Topliss-reactive ketones (excluding diaryl/α,β-unsaturated/α-hetero) is 1. The second kappa shape index (κ2) is 3.67. The Bertz CT molecular complexity index is 880. The van der Waals surface area contributed by atoms with Gasteiger partial charge < -0.3 is 0 Å². The van der Waals surface area contributed by atoms with Gasteiger partial charge in [0.15, 0.2) is 0 Å². The first-order valence-corrected chi connectivity index (χ1v) is 8.65. The molecule has 0 radical (unpaired) electrons. The van der Waals surface area contributed by atoms with E-state index in [4.69, 9.17) is 0 Å². The summed E-state index contributed by atoms with van der Waals surface area (Å²) < 4.78 is 0.